The molecule has 2 aliphatic heterocycles. The Labute approximate surface area is 253 Å². The zero-order chi connectivity index (χ0) is 29.8. The van der Waals surface area contributed by atoms with Gasteiger partial charge in [0.2, 0.25) is 18.2 Å². The summed E-state index contributed by atoms with van der Waals surface area (Å²) in [6, 6.07) is 16.7. The van der Waals surface area contributed by atoms with Gasteiger partial charge in [0.25, 0.3) is 0 Å². The van der Waals surface area contributed by atoms with Gasteiger partial charge in [0.1, 0.15) is 5.82 Å². The summed E-state index contributed by atoms with van der Waals surface area (Å²) >= 11 is 12.7. The van der Waals surface area contributed by atoms with E-state index in [1.165, 1.54) is 6.07 Å². The number of fused-ring (bicyclic) bond motifs is 1. The van der Waals surface area contributed by atoms with Crippen molar-refractivity contribution in [3.05, 3.63) is 93.2 Å². The first kappa shape index (κ1) is 28.6. The quantitative estimate of drug-likeness (QED) is 0.309. The van der Waals surface area contributed by atoms with Crippen molar-refractivity contribution in [1.82, 2.24) is 4.90 Å². The highest BCUT2D eigenvalue weighted by molar-refractivity contribution is 6.31. The van der Waals surface area contributed by atoms with Crippen LogP contribution in [0.3, 0.4) is 0 Å². The van der Waals surface area contributed by atoms with E-state index in [9.17, 15) is 14.4 Å². The van der Waals surface area contributed by atoms with Crippen LogP contribution in [-0.2, 0) is 15.1 Å². The third-order valence-electron chi connectivity index (χ3n) is 9.25. The van der Waals surface area contributed by atoms with Crippen molar-refractivity contribution in [3.8, 4) is 0 Å². The topological polar surface area (TPSA) is 95.7 Å². The van der Waals surface area contributed by atoms with Gasteiger partial charge < -0.3 is 16.0 Å². The van der Waals surface area contributed by atoms with Crippen LogP contribution in [0, 0.1) is 17.7 Å². The van der Waals surface area contributed by atoms with Gasteiger partial charge in [0.05, 0.1) is 16.5 Å². The first-order valence-electron chi connectivity index (χ1n) is 14.1. The highest BCUT2D eigenvalue weighted by Crippen LogP contribution is 2.60. The summed E-state index contributed by atoms with van der Waals surface area (Å²) in [6.07, 6.45) is 3.43. The molecule has 0 radical (unpaired) electrons. The average molecular weight is 610 g/mol. The van der Waals surface area contributed by atoms with Gasteiger partial charge >= 0.3 is 0 Å². The van der Waals surface area contributed by atoms with Gasteiger partial charge in [0.15, 0.2) is 0 Å². The highest BCUT2D eigenvalue weighted by Gasteiger charge is 2.63. The molecular formula is C32H31Cl2FN4O3. The molecule has 3 aliphatic rings. The first-order chi connectivity index (χ1) is 20.1. The van der Waals surface area contributed by atoms with Crippen LogP contribution in [-0.4, -0.2) is 42.3 Å². The Morgan fingerprint density at radius 1 is 1.12 bits per heavy atom. The number of hydrogen-bond donors (Lipinski definition) is 2. The average Bonchev–Trinajstić information content (AvgIpc) is 3.75. The molecule has 1 saturated carbocycles. The van der Waals surface area contributed by atoms with Crippen LogP contribution in [0.1, 0.15) is 53.6 Å². The fourth-order valence-electron chi connectivity index (χ4n) is 7.17. The van der Waals surface area contributed by atoms with Crippen molar-refractivity contribution in [2.24, 2.45) is 17.6 Å². The zero-order valence-corrected chi connectivity index (χ0v) is 24.5. The number of amides is 3. The molecule has 3 fully saturated rings. The van der Waals surface area contributed by atoms with E-state index < -0.39 is 29.1 Å². The number of rotatable bonds is 8. The van der Waals surface area contributed by atoms with E-state index in [-0.39, 0.29) is 17.0 Å². The number of likely N-dealkylation sites (tertiary alicyclic amines) is 1. The fraction of sp³-hybridized carbons (Fsp3) is 0.344. The molecular weight excluding hydrogens is 578 g/mol. The lowest BCUT2D eigenvalue weighted by molar-refractivity contribution is -0.125. The van der Waals surface area contributed by atoms with Crippen LogP contribution in [0.2, 0.25) is 10.0 Å². The molecule has 2 saturated heterocycles. The second kappa shape index (κ2) is 11.0. The maximum atomic E-state index is 16.0. The Morgan fingerprint density at radius 2 is 1.86 bits per heavy atom. The van der Waals surface area contributed by atoms with E-state index in [0.717, 1.165) is 24.9 Å². The molecule has 1 aliphatic carbocycles. The van der Waals surface area contributed by atoms with Gasteiger partial charge in [-0.15, -0.1) is 0 Å². The summed E-state index contributed by atoms with van der Waals surface area (Å²) in [5, 5.41) is 3.23. The Balaban J connectivity index is 1.54. The van der Waals surface area contributed by atoms with Crippen molar-refractivity contribution in [3.63, 3.8) is 0 Å². The lowest BCUT2D eigenvalue weighted by atomic mass is 9.70. The van der Waals surface area contributed by atoms with Crippen molar-refractivity contribution in [1.29, 1.82) is 0 Å². The van der Waals surface area contributed by atoms with Crippen LogP contribution in [0.25, 0.3) is 0 Å². The number of benzene rings is 3. The predicted molar refractivity (Wildman–Crippen MR) is 161 cm³/mol. The monoisotopic (exact) mass is 608 g/mol. The van der Waals surface area contributed by atoms with Gasteiger partial charge in [-0.2, -0.15) is 0 Å². The van der Waals surface area contributed by atoms with Gasteiger partial charge in [-0.25, -0.2) is 4.39 Å². The molecule has 42 heavy (non-hydrogen) atoms. The molecule has 3 amide bonds. The lowest BCUT2D eigenvalue weighted by Gasteiger charge is -2.43. The van der Waals surface area contributed by atoms with E-state index in [1.54, 1.807) is 53.4 Å². The van der Waals surface area contributed by atoms with E-state index in [0.29, 0.717) is 52.8 Å². The number of anilines is 2. The van der Waals surface area contributed by atoms with Crippen molar-refractivity contribution >= 4 is 52.8 Å². The van der Waals surface area contributed by atoms with Gasteiger partial charge in [-0.3, -0.25) is 19.3 Å². The van der Waals surface area contributed by atoms with Crippen LogP contribution < -0.4 is 16.0 Å². The number of halogens is 3. The molecule has 6 rings (SSSR count). The largest absolute Gasteiger partial charge is 0.366 e. The Kier molecular flexibility index (Phi) is 7.50. The van der Waals surface area contributed by atoms with Crippen LogP contribution >= 0.6 is 23.2 Å². The molecule has 3 aromatic carbocycles. The minimum atomic E-state index is -0.902. The number of carbonyl (C=O) groups is 3. The molecule has 0 unspecified atom stereocenters. The van der Waals surface area contributed by atoms with E-state index >= 15 is 4.39 Å². The molecule has 0 bridgehead atoms. The van der Waals surface area contributed by atoms with Crippen LogP contribution in [0.15, 0.2) is 60.7 Å². The molecule has 218 valence electrons. The third-order valence-corrected chi connectivity index (χ3v) is 9.78. The SMILES string of the molecule is C[C@@]1(c2ccc(Cl)cc2NC=O)[C@@H](c2cccc(Cl)c2F)[C@@H]2C(=O)N(c3ccc(C(N)=O)cc3)CC[C@@H]2N1CC1CC1. The number of nitrogens with one attached hydrogen (secondary N) is 1. The maximum absolute atomic E-state index is 16.0. The number of primary amides is 1. The van der Waals surface area contributed by atoms with Crippen molar-refractivity contribution in [2.75, 3.05) is 23.3 Å². The minimum absolute atomic E-state index is 0.0171. The Bertz CT molecular complexity index is 1560. The first-order valence-corrected chi connectivity index (χ1v) is 14.8. The number of nitrogens with two attached hydrogens (primary N) is 1. The summed E-state index contributed by atoms with van der Waals surface area (Å²) < 4.78 is 16.0. The highest BCUT2D eigenvalue weighted by atomic mass is 35.5. The van der Waals surface area contributed by atoms with Crippen LogP contribution in [0.4, 0.5) is 15.8 Å². The van der Waals surface area contributed by atoms with E-state index in [1.807, 2.05) is 13.0 Å². The molecule has 0 aromatic heterocycles. The standard InChI is InChI=1S/C32H31Cl2FN4O3/c1-32(23-12-9-20(33)15-25(23)37-17-40)28(22-3-2-4-24(34)29(22)35)27-26(39(32)16-18-5-6-18)13-14-38(31(27)42)21-10-7-19(8-11-21)30(36)41/h2-4,7-12,15,17-18,26-28H,5-6,13-14,16H2,1H3,(H2,36,41)(H,37,40)/t26-,27+,28-,32+/m0/s1. The Morgan fingerprint density at radius 3 is 2.52 bits per heavy atom. The second-order valence-electron chi connectivity index (χ2n) is 11.6. The molecule has 3 aromatic rings. The van der Waals surface area contributed by atoms with Gasteiger partial charge in [-0.05, 0) is 85.7 Å². The third kappa shape index (κ3) is 4.75. The zero-order valence-electron chi connectivity index (χ0n) is 23.0. The summed E-state index contributed by atoms with van der Waals surface area (Å²) in [4.78, 5) is 42.0. The van der Waals surface area contributed by atoms with Crippen LogP contribution in [0.5, 0.6) is 0 Å². The van der Waals surface area contributed by atoms with Crippen molar-refractivity contribution in [2.45, 2.75) is 43.7 Å². The maximum Gasteiger partial charge on any atom is 0.248 e. The number of piperidine rings is 1. The molecule has 10 heteroatoms. The summed E-state index contributed by atoms with van der Waals surface area (Å²) in [5.74, 6) is -2.03. The molecule has 2 heterocycles. The molecule has 3 N–H and O–H groups in total. The lowest BCUT2D eigenvalue weighted by Crippen LogP contribution is -2.52. The van der Waals surface area contributed by atoms with E-state index in [2.05, 4.69) is 10.2 Å². The summed E-state index contributed by atoms with van der Waals surface area (Å²) in [6.45, 7) is 3.23. The minimum Gasteiger partial charge on any atom is -0.366 e. The number of carbonyl (C=O) groups excluding carboxylic acids is 3. The van der Waals surface area contributed by atoms with Crippen molar-refractivity contribution < 1.29 is 18.8 Å². The van der Waals surface area contributed by atoms with Gasteiger partial charge in [-0.1, -0.05) is 41.4 Å². The second-order valence-corrected chi connectivity index (χ2v) is 12.4. The molecule has 0 spiro atoms. The molecule has 7 nitrogen and oxygen atoms in total. The fourth-order valence-corrected chi connectivity index (χ4v) is 7.52. The predicted octanol–water partition coefficient (Wildman–Crippen LogP) is 5.95. The smallest absolute Gasteiger partial charge is 0.248 e. The number of hydrogen-bond acceptors (Lipinski definition) is 4. The molecule has 4 atom stereocenters. The van der Waals surface area contributed by atoms with E-state index in [4.69, 9.17) is 28.9 Å². The van der Waals surface area contributed by atoms with Gasteiger partial charge in [0, 0.05) is 47.0 Å². The normalized spacial score (nSPS) is 25.8. The summed E-state index contributed by atoms with van der Waals surface area (Å²) in [5.41, 5.74) is 7.14. The number of nitrogens with zero attached hydrogens (tertiary/aromatic N) is 2. The Hall–Kier alpha value is -3.46. The summed E-state index contributed by atoms with van der Waals surface area (Å²) in [7, 11) is 0.